The Balaban J connectivity index is 1.58. The maximum absolute atomic E-state index is 13.0. The Labute approximate surface area is 181 Å². The molecule has 0 bridgehead atoms. The van der Waals surface area contributed by atoms with Gasteiger partial charge in [0.1, 0.15) is 11.8 Å². The summed E-state index contributed by atoms with van der Waals surface area (Å²) in [6, 6.07) is 15.5. The zero-order valence-corrected chi connectivity index (χ0v) is 17.5. The zero-order valence-electron chi connectivity index (χ0n) is 17.5. The molecule has 5 rings (SSSR count). The van der Waals surface area contributed by atoms with Gasteiger partial charge in [0.2, 0.25) is 11.8 Å². The number of carbonyl (C=O) groups excluding carboxylic acids is 2. The number of likely N-dealkylation sites (N-methyl/N-ethyl adjacent to an activating group) is 1. The lowest BCUT2D eigenvalue weighted by Gasteiger charge is -2.42. The van der Waals surface area contributed by atoms with E-state index in [-0.39, 0.29) is 24.1 Å². The van der Waals surface area contributed by atoms with Crippen molar-refractivity contribution in [3.05, 3.63) is 77.5 Å². The van der Waals surface area contributed by atoms with Crippen molar-refractivity contribution in [2.24, 2.45) is 0 Å². The summed E-state index contributed by atoms with van der Waals surface area (Å²) in [5.41, 5.74) is 5.16. The molecule has 31 heavy (non-hydrogen) atoms. The Kier molecular flexibility index (Phi) is 4.58. The number of aliphatic hydroxyl groups is 1. The molecular weight excluding hydrogens is 390 g/mol. The second-order valence-corrected chi connectivity index (χ2v) is 8.27. The summed E-state index contributed by atoms with van der Waals surface area (Å²) in [5, 5.41) is 10.7. The molecule has 0 radical (unpaired) electrons. The van der Waals surface area contributed by atoms with Gasteiger partial charge in [-0.1, -0.05) is 49.0 Å². The van der Waals surface area contributed by atoms with E-state index < -0.39 is 6.04 Å². The molecule has 6 heteroatoms. The van der Waals surface area contributed by atoms with Crippen LogP contribution in [0.25, 0.3) is 16.7 Å². The third kappa shape index (κ3) is 3.10. The van der Waals surface area contributed by atoms with Crippen LogP contribution in [-0.2, 0) is 29.1 Å². The fourth-order valence-corrected chi connectivity index (χ4v) is 4.87. The van der Waals surface area contributed by atoms with E-state index in [1.54, 1.807) is 9.80 Å². The van der Waals surface area contributed by atoms with Gasteiger partial charge in [0.05, 0.1) is 13.1 Å². The van der Waals surface area contributed by atoms with Crippen LogP contribution in [0.2, 0.25) is 0 Å². The standard InChI is InChI=1S/C25H25N3O3/c1-3-26-15-24(30)28-14-23-20(12-22(28)25(26)31)19-6-4-5-7-21(19)27(23)13-17-8-10-18(11-9-17)16(2)29/h4-11,22,29H,2-3,12-15H2,1H3. The Morgan fingerprint density at radius 1 is 1.10 bits per heavy atom. The maximum Gasteiger partial charge on any atom is 0.246 e. The minimum Gasteiger partial charge on any atom is -0.508 e. The monoisotopic (exact) mass is 415 g/mol. The first-order chi connectivity index (χ1) is 15.0. The Bertz CT molecular complexity index is 1210. The van der Waals surface area contributed by atoms with Crippen LogP contribution < -0.4 is 0 Å². The molecule has 3 heterocycles. The minimum absolute atomic E-state index is 0.0136. The molecule has 0 spiro atoms. The first-order valence-corrected chi connectivity index (χ1v) is 10.6. The van der Waals surface area contributed by atoms with E-state index in [0.29, 0.717) is 31.6 Å². The van der Waals surface area contributed by atoms with Gasteiger partial charge in [-0.05, 0) is 24.1 Å². The van der Waals surface area contributed by atoms with Gasteiger partial charge >= 0.3 is 0 Å². The van der Waals surface area contributed by atoms with E-state index in [0.717, 1.165) is 27.7 Å². The smallest absolute Gasteiger partial charge is 0.246 e. The van der Waals surface area contributed by atoms with Crippen LogP contribution in [0.5, 0.6) is 0 Å². The lowest BCUT2D eigenvalue weighted by Crippen LogP contribution is -2.61. The van der Waals surface area contributed by atoms with Crippen molar-refractivity contribution in [3.8, 4) is 0 Å². The van der Waals surface area contributed by atoms with Crippen molar-refractivity contribution >= 4 is 28.5 Å². The van der Waals surface area contributed by atoms with Crippen LogP contribution in [-0.4, -0.2) is 50.4 Å². The van der Waals surface area contributed by atoms with E-state index >= 15 is 0 Å². The highest BCUT2D eigenvalue weighted by molar-refractivity contribution is 5.97. The number of benzene rings is 2. The van der Waals surface area contributed by atoms with E-state index in [1.807, 2.05) is 43.3 Å². The number of para-hydroxylation sites is 1. The number of amides is 2. The van der Waals surface area contributed by atoms with E-state index in [2.05, 4.69) is 23.3 Å². The van der Waals surface area contributed by atoms with Crippen LogP contribution in [0, 0.1) is 0 Å². The molecule has 3 aromatic rings. The molecule has 1 N–H and O–H groups in total. The number of aliphatic hydroxyl groups excluding tert-OH is 1. The average Bonchev–Trinajstić information content (AvgIpc) is 3.08. The lowest BCUT2D eigenvalue weighted by atomic mass is 9.94. The number of fused-ring (bicyclic) bond motifs is 4. The molecule has 2 aliphatic heterocycles. The molecule has 1 aromatic heterocycles. The summed E-state index contributed by atoms with van der Waals surface area (Å²) in [6.45, 7) is 7.30. The highest BCUT2D eigenvalue weighted by Crippen LogP contribution is 2.35. The van der Waals surface area contributed by atoms with Crippen molar-refractivity contribution in [1.29, 1.82) is 0 Å². The second-order valence-electron chi connectivity index (χ2n) is 8.27. The first-order valence-electron chi connectivity index (χ1n) is 10.6. The zero-order chi connectivity index (χ0) is 21.7. The maximum atomic E-state index is 13.0. The third-order valence-corrected chi connectivity index (χ3v) is 6.54. The van der Waals surface area contributed by atoms with Crippen LogP contribution in [0.3, 0.4) is 0 Å². The fourth-order valence-electron chi connectivity index (χ4n) is 4.87. The summed E-state index contributed by atoms with van der Waals surface area (Å²) < 4.78 is 2.26. The molecule has 1 unspecified atom stereocenters. The molecule has 158 valence electrons. The molecular formula is C25H25N3O3. The van der Waals surface area contributed by atoms with E-state index in [9.17, 15) is 14.7 Å². The first kappa shape index (κ1) is 19.4. The minimum atomic E-state index is -0.414. The summed E-state index contributed by atoms with van der Waals surface area (Å²) in [7, 11) is 0. The fraction of sp³-hybridized carbons (Fsp3) is 0.280. The van der Waals surface area contributed by atoms with Crippen LogP contribution in [0.15, 0.2) is 55.1 Å². The van der Waals surface area contributed by atoms with Crippen LogP contribution in [0.4, 0.5) is 0 Å². The number of rotatable bonds is 4. The summed E-state index contributed by atoms with van der Waals surface area (Å²) in [5.74, 6) is 0.111. The number of hydrogen-bond donors (Lipinski definition) is 1. The molecule has 2 aliphatic rings. The summed E-state index contributed by atoms with van der Waals surface area (Å²) in [4.78, 5) is 29.2. The Hall–Kier alpha value is -3.54. The molecule has 6 nitrogen and oxygen atoms in total. The normalized spacial score (nSPS) is 18.3. The topological polar surface area (TPSA) is 65.8 Å². The van der Waals surface area contributed by atoms with E-state index in [1.165, 1.54) is 0 Å². The predicted molar refractivity (Wildman–Crippen MR) is 119 cm³/mol. The van der Waals surface area contributed by atoms with Crippen molar-refractivity contribution in [2.75, 3.05) is 13.1 Å². The summed E-state index contributed by atoms with van der Waals surface area (Å²) >= 11 is 0. The van der Waals surface area contributed by atoms with Gasteiger partial charge in [0.25, 0.3) is 0 Å². The average molecular weight is 415 g/mol. The van der Waals surface area contributed by atoms with E-state index in [4.69, 9.17) is 0 Å². The molecule has 1 atom stereocenters. The van der Waals surface area contributed by atoms with Gasteiger partial charge < -0.3 is 19.5 Å². The second kappa shape index (κ2) is 7.30. The molecule has 1 fully saturated rings. The number of piperazine rings is 1. The summed E-state index contributed by atoms with van der Waals surface area (Å²) in [6.07, 6.45) is 0.549. The Morgan fingerprint density at radius 2 is 1.84 bits per heavy atom. The van der Waals surface area contributed by atoms with Gasteiger partial charge in [-0.25, -0.2) is 0 Å². The van der Waals surface area contributed by atoms with Crippen molar-refractivity contribution in [3.63, 3.8) is 0 Å². The molecule has 0 aliphatic carbocycles. The third-order valence-electron chi connectivity index (χ3n) is 6.54. The highest BCUT2D eigenvalue weighted by Gasteiger charge is 2.43. The lowest BCUT2D eigenvalue weighted by molar-refractivity contribution is -0.157. The highest BCUT2D eigenvalue weighted by atomic mass is 16.3. The molecule has 0 saturated carbocycles. The number of carbonyl (C=O) groups is 2. The predicted octanol–water partition coefficient (Wildman–Crippen LogP) is 3.33. The van der Waals surface area contributed by atoms with Gasteiger partial charge in [-0.15, -0.1) is 0 Å². The SMILES string of the molecule is C=C(O)c1ccc(Cn2c3c(c4ccccc42)CC2C(=O)N(CC)CC(=O)N2C3)cc1. The van der Waals surface area contributed by atoms with Crippen molar-refractivity contribution < 1.29 is 14.7 Å². The van der Waals surface area contributed by atoms with Crippen molar-refractivity contribution in [2.45, 2.75) is 32.5 Å². The molecule has 1 saturated heterocycles. The largest absolute Gasteiger partial charge is 0.508 e. The number of aromatic nitrogens is 1. The van der Waals surface area contributed by atoms with Crippen LogP contribution >= 0.6 is 0 Å². The van der Waals surface area contributed by atoms with Crippen LogP contribution in [0.1, 0.15) is 29.3 Å². The number of nitrogens with zero attached hydrogens (tertiary/aromatic N) is 3. The van der Waals surface area contributed by atoms with Gasteiger partial charge in [-0.3, -0.25) is 9.59 Å². The quantitative estimate of drug-likeness (QED) is 0.665. The Morgan fingerprint density at radius 3 is 2.55 bits per heavy atom. The number of hydrogen-bond acceptors (Lipinski definition) is 3. The van der Waals surface area contributed by atoms with Gasteiger partial charge in [-0.2, -0.15) is 0 Å². The molecule has 2 amide bonds. The van der Waals surface area contributed by atoms with Gasteiger partial charge in [0, 0.05) is 41.7 Å². The van der Waals surface area contributed by atoms with Crippen molar-refractivity contribution in [1.82, 2.24) is 14.4 Å². The molecule has 2 aromatic carbocycles. The van der Waals surface area contributed by atoms with Gasteiger partial charge in [0.15, 0.2) is 0 Å².